The molecular weight excluding hydrogens is 382 g/mol. The number of hydrogen-bond acceptors (Lipinski definition) is 5. The summed E-state index contributed by atoms with van der Waals surface area (Å²) in [6.45, 7) is 0.912. The van der Waals surface area contributed by atoms with Crippen LogP contribution in [0.1, 0.15) is 21.5 Å². The predicted molar refractivity (Wildman–Crippen MR) is 113 cm³/mol. The van der Waals surface area contributed by atoms with Crippen LogP contribution in [0.5, 0.6) is 5.75 Å². The highest BCUT2D eigenvalue weighted by Gasteiger charge is 2.19. The van der Waals surface area contributed by atoms with Crippen molar-refractivity contribution in [3.63, 3.8) is 0 Å². The number of pyridine rings is 1. The van der Waals surface area contributed by atoms with Gasteiger partial charge in [-0.05, 0) is 41.5 Å². The van der Waals surface area contributed by atoms with E-state index in [1.165, 1.54) is 0 Å². The number of fused-ring (bicyclic) bond motifs is 3. The Morgan fingerprint density at radius 1 is 1.10 bits per heavy atom. The summed E-state index contributed by atoms with van der Waals surface area (Å²) in [5.41, 5.74) is 5.81. The maximum Gasteiger partial charge on any atom is 0.251 e. The fourth-order valence-electron chi connectivity index (χ4n) is 3.43. The molecule has 1 N–H and O–H groups in total. The van der Waals surface area contributed by atoms with Crippen LogP contribution in [0.2, 0.25) is 0 Å². The lowest BCUT2D eigenvalue weighted by atomic mass is 9.97. The lowest BCUT2D eigenvalue weighted by molar-refractivity contribution is 0.0950. The summed E-state index contributed by atoms with van der Waals surface area (Å²) in [5.74, 6) is 0.596. The van der Waals surface area contributed by atoms with Gasteiger partial charge >= 0.3 is 0 Å². The van der Waals surface area contributed by atoms with Gasteiger partial charge in [-0.3, -0.25) is 9.78 Å². The Morgan fingerprint density at radius 3 is 2.97 bits per heavy atom. The van der Waals surface area contributed by atoms with E-state index in [9.17, 15) is 4.79 Å². The van der Waals surface area contributed by atoms with Crippen LogP contribution in [0.4, 0.5) is 0 Å². The van der Waals surface area contributed by atoms with Crippen molar-refractivity contribution < 1.29 is 9.53 Å². The van der Waals surface area contributed by atoms with E-state index in [4.69, 9.17) is 4.74 Å². The van der Waals surface area contributed by atoms with Gasteiger partial charge in [0.15, 0.2) is 0 Å². The quantitative estimate of drug-likeness (QED) is 0.540. The molecule has 1 amide bonds. The topological polar surface area (TPSA) is 64.1 Å². The molecule has 5 rings (SSSR count). The largest absolute Gasteiger partial charge is 0.488 e. The van der Waals surface area contributed by atoms with Crippen molar-refractivity contribution in [2.45, 2.75) is 13.2 Å². The molecular formula is C23H17N3O2S. The average molecular weight is 399 g/mol. The molecule has 3 heterocycles. The number of hydrogen-bond donors (Lipinski definition) is 1. The van der Waals surface area contributed by atoms with Gasteiger partial charge in [-0.25, -0.2) is 4.98 Å². The summed E-state index contributed by atoms with van der Waals surface area (Å²) in [7, 11) is 0. The molecule has 5 nitrogen and oxygen atoms in total. The molecule has 4 aromatic rings. The van der Waals surface area contributed by atoms with Crippen LogP contribution in [-0.4, -0.2) is 15.9 Å². The number of rotatable bonds is 4. The number of carbonyl (C=O) groups is 1. The number of nitrogens with one attached hydrogen (secondary N) is 1. The first kappa shape index (κ1) is 17.6. The molecule has 0 saturated carbocycles. The van der Waals surface area contributed by atoms with Crippen LogP contribution < -0.4 is 10.1 Å². The second-order valence-electron chi connectivity index (χ2n) is 6.75. The summed E-state index contributed by atoms with van der Waals surface area (Å²) < 4.78 is 5.83. The zero-order valence-corrected chi connectivity index (χ0v) is 16.3. The number of aromatic nitrogens is 2. The molecule has 0 fully saturated rings. The molecule has 1 aliphatic rings. The lowest BCUT2D eigenvalue weighted by Gasteiger charge is -2.20. The van der Waals surface area contributed by atoms with Crippen LogP contribution in [0.25, 0.3) is 21.7 Å². The Labute approximate surface area is 172 Å². The molecule has 1 aliphatic heterocycles. The van der Waals surface area contributed by atoms with Crippen molar-refractivity contribution in [2.75, 3.05) is 0 Å². The summed E-state index contributed by atoms with van der Waals surface area (Å²) >= 11 is 1.60. The Balaban J connectivity index is 1.32. The Morgan fingerprint density at radius 2 is 2.07 bits per heavy atom. The number of thiazole rings is 1. The van der Waals surface area contributed by atoms with E-state index in [1.807, 2.05) is 48.0 Å². The minimum Gasteiger partial charge on any atom is -0.488 e. The first-order valence-electron chi connectivity index (χ1n) is 9.25. The van der Waals surface area contributed by atoms with E-state index in [-0.39, 0.29) is 5.91 Å². The molecule has 0 bridgehead atoms. The smallest absolute Gasteiger partial charge is 0.251 e. The number of ether oxygens (including phenoxy) is 1. The van der Waals surface area contributed by atoms with E-state index in [0.717, 1.165) is 38.6 Å². The van der Waals surface area contributed by atoms with Gasteiger partial charge in [0.05, 0.1) is 0 Å². The minimum absolute atomic E-state index is 0.128. The van der Waals surface area contributed by atoms with Gasteiger partial charge in [0.25, 0.3) is 5.91 Å². The normalized spacial score (nSPS) is 11.9. The Bertz CT molecular complexity index is 1190. The van der Waals surface area contributed by atoms with Crippen molar-refractivity contribution in [3.8, 4) is 27.4 Å². The van der Waals surface area contributed by atoms with Crippen LogP contribution in [-0.2, 0) is 13.2 Å². The first-order chi connectivity index (χ1) is 14.3. The van der Waals surface area contributed by atoms with Crippen molar-refractivity contribution >= 4 is 17.2 Å². The molecule has 2 aromatic carbocycles. The maximum atomic E-state index is 12.7. The van der Waals surface area contributed by atoms with Crippen LogP contribution in [0.15, 0.2) is 72.5 Å². The molecule has 0 saturated heterocycles. The average Bonchev–Trinajstić information content (AvgIpc) is 3.32. The zero-order valence-electron chi connectivity index (χ0n) is 15.5. The van der Waals surface area contributed by atoms with Crippen molar-refractivity contribution in [2.24, 2.45) is 0 Å². The van der Waals surface area contributed by atoms with E-state index in [2.05, 4.69) is 21.4 Å². The van der Waals surface area contributed by atoms with E-state index >= 15 is 0 Å². The van der Waals surface area contributed by atoms with Gasteiger partial charge in [0.2, 0.25) is 0 Å². The number of benzene rings is 2. The van der Waals surface area contributed by atoms with E-state index in [1.54, 1.807) is 29.8 Å². The summed E-state index contributed by atoms with van der Waals surface area (Å²) in [6, 6.07) is 15.6. The molecule has 142 valence electrons. The van der Waals surface area contributed by atoms with Crippen molar-refractivity contribution in [3.05, 3.63) is 89.2 Å². The summed E-state index contributed by atoms with van der Waals surface area (Å²) in [4.78, 5) is 21.2. The minimum atomic E-state index is -0.128. The van der Waals surface area contributed by atoms with Gasteiger partial charge in [-0.2, -0.15) is 0 Å². The van der Waals surface area contributed by atoms with E-state index < -0.39 is 0 Å². The molecule has 0 unspecified atom stereocenters. The Kier molecular flexibility index (Phi) is 4.54. The second-order valence-corrected chi connectivity index (χ2v) is 7.65. The number of nitrogens with zero attached hydrogens (tertiary/aromatic N) is 2. The standard InChI is InChI=1S/C23H17N3O2S/c27-22(26-12-15-2-1-3-17(10-15)23-25-8-9-29-23)16-4-5-20-19-6-7-24-13-18(19)14-28-21(20)11-16/h1-11,13H,12,14H2,(H,26,27). The lowest BCUT2D eigenvalue weighted by Crippen LogP contribution is -2.23. The third-order valence-electron chi connectivity index (χ3n) is 4.88. The van der Waals surface area contributed by atoms with E-state index in [0.29, 0.717) is 18.7 Å². The fourth-order valence-corrected chi connectivity index (χ4v) is 4.07. The van der Waals surface area contributed by atoms with Gasteiger partial charge < -0.3 is 10.1 Å². The molecule has 29 heavy (non-hydrogen) atoms. The predicted octanol–water partition coefficient (Wildman–Crippen LogP) is 4.69. The van der Waals surface area contributed by atoms with Gasteiger partial charge in [0, 0.05) is 52.8 Å². The van der Waals surface area contributed by atoms with Crippen LogP contribution >= 0.6 is 11.3 Å². The molecule has 0 aliphatic carbocycles. The van der Waals surface area contributed by atoms with Gasteiger partial charge in [0.1, 0.15) is 17.4 Å². The first-order valence-corrected chi connectivity index (χ1v) is 10.1. The Hall–Kier alpha value is -3.51. The fraction of sp³-hybridized carbons (Fsp3) is 0.0870. The van der Waals surface area contributed by atoms with Crippen LogP contribution in [0, 0.1) is 0 Å². The highest BCUT2D eigenvalue weighted by molar-refractivity contribution is 7.13. The SMILES string of the molecule is O=C(NCc1cccc(-c2nccs2)c1)c1ccc2c(c1)OCc1cnccc1-2. The molecule has 0 spiro atoms. The van der Waals surface area contributed by atoms with Gasteiger partial charge in [-0.1, -0.05) is 18.2 Å². The summed E-state index contributed by atoms with van der Waals surface area (Å²) in [5, 5.41) is 5.92. The van der Waals surface area contributed by atoms with Gasteiger partial charge in [-0.15, -0.1) is 11.3 Å². The van der Waals surface area contributed by atoms with Crippen molar-refractivity contribution in [1.29, 1.82) is 0 Å². The third kappa shape index (κ3) is 3.50. The van der Waals surface area contributed by atoms with Crippen LogP contribution in [0.3, 0.4) is 0 Å². The highest BCUT2D eigenvalue weighted by atomic mass is 32.1. The van der Waals surface area contributed by atoms with Crippen molar-refractivity contribution in [1.82, 2.24) is 15.3 Å². The number of carbonyl (C=O) groups excluding carboxylic acids is 1. The molecule has 2 aromatic heterocycles. The summed E-state index contributed by atoms with van der Waals surface area (Å²) in [6.07, 6.45) is 5.38. The zero-order chi connectivity index (χ0) is 19.6. The maximum absolute atomic E-state index is 12.7. The molecule has 0 atom stereocenters. The second kappa shape index (κ2) is 7.48. The molecule has 0 radical (unpaired) electrons. The monoisotopic (exact) mass is 399 g/mol. The third-order valence-corrected chi connectivity index (χ3v) is 5.70. The molecule has 6 heteroatoms. The number of amides is 1. The highest BCUT2D eigenvalue weighted by Crippen LogP contribution is 2.37.